The summed E-state index contributed by atoms with van der Waals surface area (Å²) in [7, 11) is 0. The molecule has 0 aliphatic carbocycles. The van der Waals surface area contributed by atoms with Crippen LogP contribution in [0.2, 0.25) is 5.02 Å². The molecule has 1 aromatic carbocycles. The van der Waals surface area contributed by atoms with Gasteiger partial charge in [0, 0.05) is 5.02 Å². The Hall–Kier alpha value is -1.00. The number of nitrogens with zero attached hydrogens (tertiary/aromatic N) is 1. The number of rotatable bonds is 3. The molecule has 0 saturated carbocycles. The van der Waals surface area contributed by atoms with E-state index >= 15 is 0 Å². The molecule has 0 atom stereocenters. The summed E-state index contributed by atoms with van der Waals surface area (Å²) in [5.74, 6) is 0.263. The van der Waals surface area contributed by atoms with E-state index in [-0.39, 0.29) is 11.5 Å². The van der Waals surface area contributed by atoms with Crippen LogP contribution in [0.5, 0.6) is 0 Å². The number of hydrogen-bond acceptors (Lipinski definition) is 1. The normalized spacial score (nSPS) is 11.2. The first-order valence-corrected chi connectivity index (χ1v) is 6.89. The molecule has 0 aliphatic heterocycles. The largest absolute Gasteiger partial charge is 0.298 e. The molecule has 0 radical (unpaired) electrons. The maximum atomic E-state index is 12.1. The molecule has 0 saturated heterocycles. The van der Waals surface area contributed by atoms with Gasteiger partial charge in [0.2, 0.25) is 0 Å². The number of nitrogens with one attached hydrogen (secondary N) is 1. The number of aromatic amines is 1. The van der Waals surface area contributed by atoms with Gasteiger partial charge in [0.1, 0.15) is 4.47 Å². The molecule has 0 amide bonds. The molecule has 0 bridgehead atoms. The van der Waals surface area contributed by atoms with Gasteiger partial charge in [-0.25, -0.2) is 4.68 Å². The molecule has 0 unspecified atom stereocenters. The first-order chi connectivity index (χ1) is 8.50. The maximum Gasteiger partial charge on any atom is 0.281 e. The molecular weight excluding hydrogens is 316 g/mol. The summed E-state index contributed by atoms with van der Waals surface area (Å²) in [6.45, 7) is 4.52. The predicted octanol–water partition coefficient (Wildman–Crippen LogP) is 3.76. The lowest BCUT2D eigenvalue weighted by molar-refractivity contribution is 0.640. The van der Waals surface area contributed by atoms with Crippen LogP contribution < -0.4 is 5.56 Å². The molecule has 0 spiro atoms. The third-order valence-corrected chi connectivity index (χ3v) is 3.92. The molecule has 0 fully saturated rings. The first-order valence-electron chi connectivity index (χ1n) is 5.72. The first kappa shape index (κ1) is 13.4. The van der Waals surface area contributed by atoms with Crippen LogP contribution in [-0.2, 0) is 6.54 Å². The van der Waals surface area contributed by atoms with Gasteiger partial charge in [-0.3, -0.25) is 9.89 Å². The van der Waals surface area contributed by atoms with Gasteiger partial charge in [-0.05, 0) is 33.5 Å². The van der Waals surface area contributed by atoms with Crippen molar-refractivity contribution >= 4 is 27.5 Å². The lowest BCUT2D eigenvalue weighted by Crippen LogP contribution is -2.17. The lowest BCUT2D eigenvalue weighted by Gasteiger charge is -2.05. The number of H-pyrrole nitrogens is 1. The summed E-state index contributed by atoms with van der Waals surface area (Å²) >= 11 is 9.43. The van der Waals surface area contributed by atoms with Crippen molar-refractivity contribution in [2.45, 2.75) is 26.3 Å². The third-order valence-electron chi connectivity index (χ3n) is 2.79. The molecule has 5 heteroatoms. The fourth-order valence-electron chi connectivity index (χ4n) is 1.77. The molecule has 2 rings (SSSR count). The van der Waals surface area contributed by atoms with Crippen LogP contribution in [0.25, 0.3) is 0 Å². The van der Waals surface area contributed by atoms with Crippen LogP contribution >= 0.6 is 27.5 Å². The highest BCUT2D eigenvalue weighted by atomic mass is 79.9. The minimum atomic E-state index is -0.0568. The van der Waals surface area contributed by atoms with Crippen molar-refractivity contribution in [2.75, 3.05) is 0 Å². The fraction of sp³-hybridized carbons (Fsp3) is 0.308. The second-order valence-corrected chi connectivity index (χ2v) is 5.68. The standard InChI is InChI=1S/C13H14BrClN2O/c1-8(2)12-11(14)13(18)17(16-12)7-9-5-3-4-6-10(9)15/h3-6,8,16H,7H2,1-2H3. The van der Waals surface area contributed by atoms with Gasteiger partial charge in [0.25, 0.3) is 5.56 Å². The van der Waals surface area contributed by atoms with Gasteiger partial charge in [-0.1, -0.05) is 43.6 Å². The van der Waals surface area contributed by atoms with E-state index in [0.717, 1.165) is 11.3 Å². The minimum absolute atomic E-state index is 0.0568. The number of hydrogen-bond donors (Lipinski definition) is 1. The molecule has 1 aromatic heterocycles. The molecule has 1 heterocycles. The van der Waals surface area contributed by atoms with E-state index in [9.17, 15) is 4.79 Å². The van der Waals surface area contributed by atoms with Crippen molar-refractivity contribution in [3.63, 3.8) is 0 Å². The van der Waals surface area contributed by atoms with E-state index < -0.39 is 0 Å². The summed E-state index contributed by atoms with van der Waals surface area (Å²) < 4.78 is 2.17. The summed E-state index contributed by atoms with van der Waals surface area (Å²) in [6, 6.07) is 7.52. The van der Waals surface area contributed by atoms with E-state index in [0.29, 0.717) is 16.0 Å². The van der Waals surface area contributed by atoms with Crippen molar-refractivity contribution in [1.29, 1.82) is 0 Å². The summed E-state index contributed by atoms with van der Waals surface area (Å²) in [4.78, 5) is 12.1. The quantitative estimate of drug-likeness (QED) is 0.914. The van der Waals surface area contributed by atoms with E-state index in [1.54, 1.807) is 4.68 Å². The third kappa shape index (κ3) is 2.54. The van der Waals surface area contributed by atoms with Crippen LogP contribution in [0.3, 0.4) is 0 Å². The van der Waals surface area contributed by atoms with Crippen LogP contribution in [-0.4, -0.2) is 9.78 Å². The van der Waals surface area contributed by atoms with E-state index in [4.69, 9.17) is 11.6 Å². The van der Waals surface area contributed by atoms with Crippen molar-refractivity contribution in [2.24, 2.45) is 0 Å². The number of benzene rings is 1. The van der Waals surface area contributed by atoms with Gasteiger partial charge in [-0.2, -0.15) is 0 Å². The zero-order valence-electron chi connectivity index (χ0n) is 10.2. The highest BCUT2D eigenvalue weighted by Crippen LogP contribution is 2.20. The zero-order chi connectivity index (χ0) is 13.3. The topological polar surface area (TPSA) is 37.8 Å². The Morgan fingerprint density at radius 3 is 2.61 bits per heavy atom. The Labute approximate surface area is 119 Å². The van der Waals surface area contributed by atoms with Crippen LogP contribution in [0, 0.1) is 0 Å². The molecule has 1 N–H and O–H groups in total. The second kappa shape index (κ2) is 5.33. The van der Waals surface area contributed by atoms with Crippen LogP contribution in [0.4, 0.5) is 0 Å². The van der Waals surface area contributed by atoms with Gasteiger partial charge in [0.05, 0.1) is 12.2 Å². The Bertz CT molecular complexity index is 616. The summed E-state index contributed by atoms with van der Waals surface area (Å²) in [5, 5.41) is 3.79. The average Bonchev–Trinajstić information content (AvgIpc) is 2.60. The Morgan fingerprint density at radius 1 is 1.39 bits per heavy atom. The van der Waals surface area contributed by atoms with Gasteiger partial charge < -0.3 is 0 Å². The van der Waals surface area contributed by atoms with Gasteiger partial charge in [-0.15, -0.1) is 0 Å². The molecule has 2 aromatic rings. The highest BCUT2D eigenvalue weighted by Gasteiger charge is 2.14. The van der Waals surface area contributed by atoms with Crippen LogP contribution in [0.15, 0.2) is 33.5 Å². The summed E-state index contributed by atoms with van der Waals surface area (Å²) in [5.41, 5.74) is 1.77. The van der Waals surface area contributed by atoms with Gasteiger partial charge in [0.15, 0.2) is 0 Å². The Morgan fingerprint density at radius 2 is 2.06 bits per heavy atom. The molecule has 0 aliphatic rings. The van der Waals surface area contributed by atoms with Crippen molar-refractivity contribution in [3.8, 4) is 0 Å². The van der Waals surface area contributed by atoms with E-state index in [1.165, 1.54) is 0 Å². The van der Waals surface area contributed by atoms with Crippen molar-refractivity contribution in [3.05, 3.63) is 55.4 Å². The van der Waals surface area contributed by atoms with E-state index in [1.807, 2.05) is 38.1 Å². The SMILES string of the molecule is CC(C)c1[nH]n(Cc2ccccc2Cl)c(=O)c1Br. The molecule has 18 heavy (non-hydrogen) atoms. The van der Waals surface area contributed by atoms with E-state index in [2.05, 4.69) is 21.0 Å². The maximum absolute atomic E-state index is 12.1. The highest BCUT2D eigenvalue weighted by molar-refractivity contribution is 9.10. The van der Waals surface area contributed by atoms with Gasteiger partial charge >= 0.3 is 0 Å². The molecule has 3 nitrogen and oxygen atoms in total. The number of halogens is 2. The van der Waals surface area contributed by atoms with Crippen LogP contribution in [0.1, 0.15) is 31.0 Å². The molecular formula is C13H14BrClN2O. The predicted molar refractivity (Wildman–Crippen MR) is 77.4 cm³/mol. The Balaban J connectivity index is 2.39. The monoisotopic (exact) mass is 328 g/mol. The lowest BCUT2D eigenvalue weighted by atomic mass is 10.1. The zero-order valence-corrected chi connectivity index (χ0v) is 12.5. The summed E-state index contributed by atoms with van der Waals surface area (Å²) in [6.07, 6.45) is 0. The second-order valence-electron chi connectivity index (χ2n) is 4.48. The molecule has 96 valence electrons. The smallest absolute Gasteiger partial charge is 0.281 e. The Kier molecular flexibility index (Phi) is 3.97. The average molecular weight is 330 g/mol. The fourth-order valence-corrected chi connectivity index (χ4v) is 2.73. The minimum Gasteiger partial charge on any atom is -0.298 e. The number of aromatic nitrogens is 2. The van der Waals surface area contributed by atoms with Crippen molar-refractivity contribution in [1.82, 2.24) is 9.78 Å². The van der Waals surface area contributed by atoms with Crippen molar-refractivity contribution < 1.29 is 0 Å².